The molecule has 2 aliphatic rings. The Morgan fingerprint density at radius 2 is 1.86 bits per heavy atom. The Morgan fingerprint density at radius 3 is 2.56 bits per heavy atom. The van der Waals surface area contributed by atoms with Crippen LogP contribution < -0.4 is 10.2 Å². The lowest BCUT2D eigenvalue weighted by molar-refractivity contribution is -0.141. The van der Waals surface area contributed by atoms with E-state index in [2.05, 4.69) is 15.3 Å². The molecule has 2 fully saturated rings. The van der Waals surface area contributed by atoms with Crippen molar-refractivity contribution in [1.29, 1.82) is 0 Å². The predicted octanol–water partition coefficient (Wildman–Crippen LogP) is 5.12. The first kappa shape index (κ1) is 25.1. The predicted molar refractivity (Wildman–Crippen MR) is 131 cm³/mol. The molecule has 0 aliphatic carbocycles. The van der Waals surface area contributed by atoms with E-state index in [1.165, 1.54) is 12.1 Å². The third-order valence-electron chi connectivity index (χ3n) is 6.67. The molecule has 1 N–H and O–H groups in total. The normalized spacial score (nSPS) is 19.2. The van der Waals surface area contributed by atoms with Crippen LogP contribution in [0.15, 0.2) is 30.3 Å². The molecule has 2 aliphatic heterocycles. The molecular weight excluding hydrogens is 518 g/mol. The lowest BCUT2D eigenvalue weighted by Crippen LogP contribution is -2.42. The Labute approximate surface area is 215 Å². The van der Waals surface area contributed by atoms with E-state index in [4.69, 9.17) is 27.9 Å². The smallest absolute Gasteiger partial charge is 0.381 e. The zero-order chi connectivity index (χ0) is 25.4. The lowest BCUT2D eigenvalue weighted by atomic mass is 9.96. The van der Waals surface area contributed by atoms with E-state index in [1.807, 2.05) is 4.90 Å². The van der Waals surface area contributed by atoms with Gasteiger partial charge >= 0.3 is 6.18 Å². The van der Waals surface area contributed by atoms with Crippen molar-refractivity contribution >= 4 is 46.1 Å². The maximum absolute atomic E-state index is 13.4. The van der Waals surface area contributed by atoms with E-state index < -0.39 is 11.9 Å². The van der Waals surface area contributed by atoms with Crippen LogP contribution in [0.5, 0.6) is 0 Å². The molecule has 3 aromatic rings. The molecule has 7 nitrogen and oxygen atoms in total. The summed E-state index contributed by atoms with van der Waals surface area (Å²) in [5, 5.41) is 3.58. The second kappa shape index (κ2) is 10.1. The number of benzene rings is 1. The number of carbonyl (C=O) groups is 1. The number of carbonyl (C=O) groups excluding carboxylic acids is 1. The molecule has 12 heteroatoms. The number of piperidine rings is 1. The Hall–Kier alpha value is -2.56. The average Bonchev–Trinajstić information content (AvgIpc) is 3.50. The minimum Gasteiger partial charge on any atom is -0.381 e. The Kier molecular flexibility index (Phi) is 7.02. The zero-order valence-electron chi connectivity index (χ0n) is 19.2. The van der Waals surface area contributed by atoms with Crippen LogP contribution in [0.2, 0.25) is 10.0 Å². The van der Waals surface area contributed by atoms with Gasteiger partial charge in [-0.15, -0.1) is 0 Å². The third-order valence-corrected chi connectivity index (χ3v) is 7.39. The molecule has 1 unspecified atom stereocenters. The van der Waals surface area contributed by atoms with Gasteiger partial charge < -0.3 is 15.0 Å². The highest BCUT2D eigenvalue weighted by molar-refractivity contribution is 6.42. The second-order valence-electron chi connectivity index (χ2n) is 9.12. The van der Waals surface area contributed by atoms with E-state index in [-0.39, 0.29) is 22.7 Å². The quantitative estimate of drug-likeness (QED) is 0.485. The number of anilines is 1. The number of nitrogens with one attached hydrogen (secondary N) is 1. The topological polar surface area (TPSA) is 72.3 Å². The molecule has 0 bridgehead atoms. The fraction of sp³-hybridized carbons (Fsp3) is 0.458. The molecular formula is C24H24Cl2F3N5O2. The van der Waals surface area contributed by atoms with Gasteiger partial charge in [0.05, 0.1) is 27.7 Å². The fourth-order valence-corrected chi connectivity index (χ4v) is 4.99. The van der Waals surface area contributed by atoms with Crippen molar-refractivity contribution in [3.63, 3.8) is 0 Å². The molecule has 1 atom stereocenters. The van der Waals surface area contributed by atoms with Gasteiger partial charge in [-0.2, -0.15) is 13.2 Å². The van der Waals surface area contributed by atoms with Crippen LogP contribution in [-0.2, 0) is 15.7 Å². The highest BCUT2D eigenvalue weighted by atomic mass is 35.5. The number of fused-ring (bicyclic) bond motifs is 1. The van der Waals surface area contributed by atoms with Gasteiger partial charge in [0.2, 0.25) is 11.9 Å². The molecule has 36 heavy (non-hydrogen) atoms. The number of amides is 1. The standard InChI is InChI=1S/C24H24Cl2F3N5O2/c25-16-10-18-19(11-17(16)26)34(21-3-1-2-20(32-21)24(27,28)29)23(31-18)33-7-4-15(5-8-33)22(35)30-12-14-6-9-36-13-14/h1-3,10-11,14-15H,4-9,12-13H2,(H,30,35). The van der Waals surface area contributed by atoms with E-state index in [0.717, 1.165) is 19.1 Å². The van der Waals surface area contributed by atoms with Crippen molar-refractivity contribution in [2.75, 3.05) is 37.7 Å². The average molecular weight is 542 g/mol. The SMILES string of the molecule is O=C(NCC1CCOC1)C1CCN(c2nc3cc(Cl)c(Cl)cc3n2-c2cccc(C(F)(F)F)n2)CC1. The van der Waals surface area contributed by atoms with E-state index >= 15 is 0 Å². The van der Waals surface area contributed by atoms with Crippen molar-refractivity contribution in [2.24, 2.45) is 11.8 Å². The maximum Gasteiger partial charge on any atom is 0.433 e. The molecule has 0 radical (unpaired) electrons. The molecule has 1 aromatic carbocycles. The summed E-state index contributed by atoms with van der Waals surface area (Å²) in [6, 6.07) is 6.89. The van der Waals surface area contributed by atoms with Crippen molar-refractivity contribution in [3.05, 3.63) is 46.1 Å². The minimum absolute atomic E-state index is 0.0214. The number of rotatable bonds is 5. The highest BCUT2D eigenvalue weighted by Gasteiger charge is 2.34. The van der Waals surface area contributed by atoms with Crippen LogP contribution in [0.4, 0.5) is 19.1 Å². The number of pyridine rings is 1. The van der Waals surface area contributed by atoms with Gasteiger partial charge in [-0.25, -0.2) is 9.97 Å². The van der Waals surface area contributed by atoms with Crippen LogP contribution in [0.1, 0.15) is 25.0 Å². The molecule has 0 spiro atoms. The van der Waals surface area contributed by atoms with Crippen molar-refractivity contribution < 1.29 is 22.7 Å². The van der Waals surface area contributed by atoms with Crippen molar-refractivity contribution in [2.45, 2.75) is 25.4 Å². The van der Waals surface area contributed by atoms with E-state index in [9.17, 15) is 18.0 Å². The minimum atomic E-state index is -4.59. The third kappa shape index (κ3) is 5.12. The molecule has 5 rings (SSSR count). The molecule has 2 saturated heterocycles. The van der Waals surface area contributed by atoms with Crippen LogP contribution in [0.3, 0.4) is 0 Å². The Bertz CT molecular complexity index is 1270. The van der Waals surface area contributed by atoms with Gasteiger partial charge in [0.1, 0.15) is 11.5 Å². The number of alkyl halides is 3. The first-order chi connectivity index (χ1) is 17.2. The molecule has 192 valence electrons. The van der Waals surface area contributed by atoms with Crippen molar-refractivity contribution in [1.82, 2.24) is 19.9 Å². The summed E-state index contributed by atoms with van der Waals surface area (Å²) in [6.07, 6.45) is -2.46. The number of aromatic nitrogens is 3. The monoisotopic (exact) mass is 541 g/mol. The van der Waals surface area contributed by atoms with E-state index in [0.29, 0.717) is 67.0 Å². The van der Waals surface area contributed by atoms with Crippen LogP contribution in [-0.4, -0.2) is 53.3 Å². The summed E-state index contributed by atoms with van der Waals surface area (Å²) in [5.74, 6) is 0.731. The summed E-state index contributed by atoms with van der Waals surface area (Å²) in [4.78, 5) is 23.2. The highest BCUT2D eigenvalue weighted by Crippen LogP contribution is 2.35. The Morgan fingerprint density at radius 1 is 1.11 bits per heavy atom. The van der Waals surface area contributed by atoms with E-state index in [1.54, 1.807) is 16.7 Å². The van der Waals surface area contributed by atoms with Gasteiger partial charge in [0.15, 0.2) is 0 Å². The molecule has 4 heterocycles. The number of halogens is 5. The Balaban J connectivity index is 1.41. The lowest BCUT2D eigenvalue weighted by Gasteiger charge is -2.32. The number of hydrogen-bond acceptors (Lipinski definition) is 5. The van der Waals surface area contributed by atoms with Gasteiger partial charge in [0, 0.05) is 38.1 Å². The summed E-state index contributed by atoms with van der Waals surface area (Å²) in [7, 11) is 0. The summed E-state index contributed by atoms with van der Waals surface area (Å²) >= 11 is 12.4. The van der Waals surface area contributed by atoms with Crippen molar-refractivity contribution in [3.8, 4) is 5.82 Å². The largest absolute Gasteiger partial charge is 0.433 e. The maximum atomic E-state index is 13.4. The van der Waals surface area contributed by atoms with Crippen LogP contribution >= 0.6 is 23.2 Å². The van der Waals surface area contributed by atoms with Crippen LogP contribution in [0, 0.1) is 11.8 Å². The first-order valence-electron chi connectivity index (χ1n) is 11.7. The summed E-state index contributed by atoms with van der Waals surface area (Å²) < 4.78 is 47.1. The second-order valence-corrected chi connectivity index (χ2v) is 9.93. The number of imidazole rings is 1. The number of hydrogen-bond donors (Lipinski definition) is 1. The first-order valence-corrected chi connectivity index (χ1v) is 12.5. The number of nitrogens with zero attached hydrogens (tertiary/aromatic N) is 4. The van der Waals surface area contributed by atoms with Gasteiger partial charge in [-0.05, 0) is 43.5 Å². The fourth-order valence-electron chi connectivity index (χ4n) is 4.68. The molecule has 1 amide bonds. The van der Waals surface area contributed by atoms with Gasteiger partial charge in [-0.3, -0.25) is 9.36 Å². The van der Waals surface area contributed by atoms with Gasteiger partial charge in [0.25, 0.3) is 0 Å². The number of ether oxygens (including phenoxy) is 1. The molecule has 0 saturated carbocycles. The summed E-state index contributed by atoms with van der Waals surface area (Å²) in [5.41, 5.74) is -0.0296. The van der Waals surface area contributed by atoms with Crippen LogP contribution in [0.25, 0.3) is 16.9 Å². The molecule has 2 aromatic heterocycles. The summed E-state index contributed by atoms with van der Waals surface area (Å²) in [6.45, 7) is 3.03. The zero-order valence-corrected chi connectivity index (χ0v) is 20.7. The van der Waals surface area contributed by atoms with Gasteiger partial charge in [-0.1, -0.05) is 29.3 Å².